The highest BCUT2D eigenvalue weighted by Crippen LogP contribution is 2.40. The van der Waals surface area contributed by atoms with Gasteiger partial charge in [0.15, 0.2) is 5.82 Å². The van der Waals surface area contributed by atoms with Crippen molar-refractivity contribution in [3.05, 3.63) is 53.2 Å². The molecular weight excluding hydrogens is 466 g/mol. The van der Waals surface area contributed by atoms with Gasteiger partial charge >= 0.3 is 0 Å². The molecule has 3 aromatic rings. The molecule has 2 atom stereocenters. The predicted octanol–water partition coefficient (Wildman–Crippen LogP) is 4.18. The van der Waals surface area contributed by atoms with Crippen molar-refractivity contribution in [2.75, 3.05) is 13.1 Å². The maximum Gasteiger partial charge on any atom is 0.269 e. The van der Waals surface area contributed by atoms with Crippen LogP contribution in [-0.4, -0.2) is 53.9 Å². The summed E-state index contributed by atoms with van der Waals surface area (Å²) < 4.78 is 3.24. The molecule has 1 amide bonds. The van der Waals surface area contributed by atoms with Gasteiger partial charge in [-0.2, -0.15) is 5.10 Å². The van der Waals surface area contributed by atoms with Gasteiger partial charge in [-0.15, -0.1) is 0 Å². The normalized spacial score (nSPS) is 23.3. The maximum atomic E-state index is 13.3. The molecule has 37 heavy (non-hydrogen) atoms. The van der Waals surface area contributed by atoms with Crippen molar-refractivity contribution in [1.82, 2.24) is 24.2 Å². The van der Waals surface area contributed by atoms with Gasteiger partial charge < -0.3 is 14.6 Å². The summed E-state index contributed by atoms with van der Waals surface area (Å²) in [6.07, 6.45) is 12.4. The average Bonchev–Trinajstić information content (AvgIpc) is 3.31. The molecule has 0 radical (unpaired) electrons. The van der Waals surface area contributed by atoms with Gasteiger partial charge in [-0.25, -0.2) is 9.67 Å². The van der Waals surface area contributed by atoms with Gasteiger partial charge in [-0.1, -0.05) is 71.1 Å². The van der Waals surface area contributed by atoms with E-state index in [4.69, 9.17) is 0 Å². The first-order valence-corrected chi connectivity index (χ1v) is 13.7. The van der Waals surface area contributed by atoms with Crippen molar-refractivity contribution >= 4 is 16.8 Å². The maximum absolute atomic E-state index is 13.3. The van der Waals surface area contributed by atoms with Crippen molar-refractivity contribution in [3.63, 3.8) is 0 Å². The topological polar surface area (TPSA) is 93.2 Å². The Morgan fingerprint density at radius 3 is 2.68 bits per heavy atom. The zero-order valence-electron chi connectivity index (χ0n) is 22.3. The summed E-state index contributed by atoms with van der Waals surface area (Å²) in [6.45, 7) is 7.13. The van der Waals surface area contributed by atoms with E-state index in [1.807, 2.05) is 43.0 Å². The summed E-state index contributed by atoms with van der Waals surface area (Å²) in [7, 11) is 0. The number of piperidine rings is 1. The molecule has 1 saturated carbocycles. The van der Waals surface area contributed by atoms with E-state index in [-0.39, 0.29) is 23.9 Å². The molecule has 2 fully saturated rings. The van der Waals surface area contributed by atoms with Crippen molar-refractivity contribution in [2.24, 2.45) is 17.3 Å². The Kier molecular flexibility index (Phi) is 6.96. The number of hydrogen-bond donors (Lipinski definition) is 1. The van der Waals surface area contributed by atoms with Crippen LogP contribution in [0.3, 0.4) is 0 Å². The minimum absolute atomic E-state index is 0.000591. The number of carbonyl (C=O) groups is 1. The molecule has 1 aliphatic carbocycles. The van der Waals surface area contributed by atoms with E-state index in [2.05, 4.69) is 17.0 Å². The Balaban J connectivity index is 1.31. The van der Waals surface area contributed by atoms with Gasteiger partial charge in [-0.3, -0.25) is 9.59 Å². The number of likely N-dealkylation sites (tertiary alicyclic amines) is 1. The SMILES string of the molecule is C[C@H](CC1CCCCC1)C(=O)N1CCC(O)(Cn2cc(-n3ncc4ccccc43)ncc2=O)C(C)(C)C1. The first-order valence-electron chi connectivity index (χ1n) is 13.7. The fourth-order valence-electron chi connectivity index (χ4n) is 6.28. The van der Waals surface area contributed by atoms with Gasteiger partial charge in [0.2, 0.25) is 5.91 Å². The molecule has 8 nitrogen and oxygen atoms in total. The molecule has 0 spiro atoms. The van der Waals surface area contributed by atoms with Crippen molar-refractivity contribution < 1.29 is 9.90 Å². The van der Waals surface area contributed by atoms with Crippen molar-refractivity contribution in [3.8, 4) is 5.82 Å². The molecule has 0 bridgehead atoms. The average molecular weight is 506 g/mol. The first-order chi connectivity index (χ1) is 17.7. The number of fused-ring (bicyclic) bond motifs is 1. The minimum atomic E-state index is -1.15. The molecule has 1 unspecified atom stereocenters. The number of rotatable bonds is 6. The number of nitrogens with zero attached hydrogens (tertiary/aromatic N) is 5. The quantitative estimate of drug-likeness (QED) is 0.543. The second-order valence-electron chi connectivity index (χ2n) is 11.9. The number of carbonyl (C=O) groups excluding carboxylic acids is 1. The second-order valence-corrected chi connectivity index (χ2v) is 11.9. The molecule has 2 aliphatic rings. The Labute approximate surface area is 218 Å². The van der Waals surface area contributed by atoms with Crippen molar-refractivity contribution in [2.45, 2.75) is 77.9 Å². The minimum Gasteiger partial charge on any atom is -0.387 e. The summed E-state index contributed by atoms with van der Waals surface area (Å²) in [5.41, 5.74) is -1.12. The summed E-state index contributed by atoms with van der Waals surface area (Å²) in [5, 5.41) is 17.3. The van der Waals surface area contributed by atoms with Gasteiger partial charge in [0.25, 0.3) is 5.56 Å². The summed E-state index contributed by atoms with van der Waals surface area (Å²) in [5.74, 6) is 1.36. The smallest absolute Gasteiger partial charge is 0.269 e. The van der Waals surface area contributed by atoms with E-state index < -0.39 is 11.0 Å². The number of aliphatic hydroxyl groups is 1. The number of amides is 1. The Hall–Kier alpha value is -3.00. The molecule has 1 saturated heterocycles. The van der Waals surface area contributed by atoms with Crippen LogP contribution in [0.25, 0.3) is 16.7 Å². The lowest BCUT2D eigenvalue weighted by atomic mass is 9.69. The first kappa shape index (κ1) is 25.6. The lowest BCUT2D eigenvalue weighted by Gasteiger charge is -2.51. The zero-order chi connectivity index (χ0) is 26.2. The number of hydrogen-bond acceptors (Lipinski definition) is 5. The van der Waals surface area contributed by atoms with Gasteiger partial charge in [0.1, 0.15) is 0 Å². The number of aromatic nitrogens is 4. The molecule has 1 aromatic carbocycles. The van der Waals surface area contributed by atoms with Gasteiger partial charge in [0.05, 0.1) is 36.3 Å². The molecule has 8 heteroatoms. The van der Waals surface area contributed by atoms with E-state index in [1.54, 1.807) is 17.1 Å². The van der Waals surface area contributed by atoms with Crippen LogP contribution in [0.15, 0.2) is 47.7 Å². The summed E-state index contributed by atoms with van der Waals surface area (Å²) in [4.78, 5) is 32.4. The van der Waals surface area contributed by atoms with Crippen LogP contribution in [-0.2, 0) is 11.3 Å². The highest BCUT2D eigenvalue weighted by molar-refractivity contribution is 5.80. The lowest BCUT2D eigenvalue weighted by molar-refractivity contribution is -0.157. The lowest BCUT2D eigenvalue weighted by Crippen LogP contribution is -2.61. The highest BCUT2D eigenvalue weighted by atomic mass is 16.3. The Morgan fingerprint density at radius 1 is 1.16 bits per heavy atom. The monoisotopic (exact) mass is 505 g/mol. The molecule has 2 aromatic heterocycles. The van der Waals surface area contributed by atoms with Crippen LogP contribution in [0.2, 0.25) is 0 Å². The summed E-state index contributed by atoms with van der Waals surface area (Å²) in [6, 6.07) is 7.82. The van der Waals surface area contributed by atoms with E-state index >= 15 is 0 Å². The third-order valence-corrected chi connectivity index (χ3v) is 8.77. The van der Waals surface area contributed by atoms with Crippen LogP contribution in [0, 0.1) is 17.3 Å². The van der Waals surface area contributed by atoms with Crippen LogP contribution in [0.5, 0.6) is 0 Å². The van der Waals surface area contributed by atoms with Crippen LogP contribution in [0.4, 0.5) is 0 Å². The van der Waals surface area contributed by atoms with Crippen LogP contribution < -0.4 is 5.56 Å². The molecule has 1 N–H and O–H groups in total. The van der Waals surface area contributed by atoms with Gasteiger partial charge in [-0.05, 0) is 24.8 Å². The standard InChI is InChI=1S/C29H39N5O3/c1-21(15-22-9-5-4-6-10-22)27(36)32-14-13-29(37,28(2,3)19-32)20-33-18-25(30-17-26(33)35)34-24-12-8-7-11-23(24)16-31-34/h7-8,11-12,16-18,21-22,37H,4-6,9-10,13-15,19-20H2,1-3H3/t21-,29?/m1/s1. The largest absolute Gasteiger partial charge is 0.387 e. The third kappa shape index (κ3) is 5.08. The highest BCUT2D eigenvalue weighted by Gasteiger charge is 2.49. The fraction of sp³-hybridized carbons (Fsp3) is 0.586. The third-order valence-electron chi connectivity index (χ3n) is 8.77. The van der Waals surface area contributed by atoms with Crippen LogP contribution in [0.1, 0.15) is 65.7 Å². The van der Waals surface area contributed by atoms with E-state index in [0.29, 0.717) is 31.2 Å². The second kappa shape index (κ2) is 10.0. The van der Waals surface area contributed by atoms with Crippen LogP contribution >= 0.6 is 0 Å². The molecule has 198 valence electrons. The molecule has 3 heterocycles. The molecule has 5 rings (SSSR count). The number of para-hydroxylation sites is 1. The molecule has 1 aliphatic heterocycles. The Morgan fingerprint density at radius 2 is 1.92 bits per heavy atom. The zero-order valence-corrected chi connectivity index (χ0v) is 22.3. The van der Waals surface area contributed by atoms with E-state index in [1.165, 1.54) is 42.9 Å². The van der Waals surface area contributed by atoms with Crippen molar-refractivity contribution in [1.29, 1.82) is 0 Å². The predicted molar refractivity (Wildman–Crippen MR) is 143 cm³/mol. The van der Waals surface area contributed by atoms with E-state index in [9.17, 15) is 14.7 Å². The molecular formula is C29H39N5O3. The number of benzene rings is 1. The van der Waals surface area contributed by atoms with E-state index in [0.717, 1.165) is 17.3 Å². The fourth-order valence-corrected chi connectivity index (χ4v) is 6.28. The Bertz CT molecular complexity index is 1320. The summed E-state index contributed by atoms with van der Waals surface area (Å²) >= 11 is 0. The van der Waals surface area contributed by atoms with Gasteiger partial charge in [0, 0.05) is 29.8 Å².